The van der Waals surface area contributed by atoms with E-state index in [1.165, 1.54) is 13.2 Å². The van der Waals surface area contributed by atoms with Crippen molar-refractivity contribution in [1.29, 1.82) is 0 Å². The number of likely N-dealkylation sites (N-methyl/N-ethyl adjacent to an activating group) is 1. The molecule has 290 valence electrons. The van der Waals surface area contributed by atoms with E-state index >= 15 is 0 Å². The Morgan fingerprint density at radius 1 is 1.06 bits per heavy atom. The summed E-state index contributed by atoms with van der Waals surface area (Å²) in [6.45, 7) is 8.31. The van der Waals surface area contributed by atoms with Crippen LogP contribution in [0.2, 0.25) is 0 Å². The first-order valence-corrected chi connectivity index (χ1v) is 17.7. The first kappa shape index (κ1) is 42.8. The highest BCUT2D eigenvalue weighted by molar-refractivity contribution is 5.92. The third kappa shape index (κ3) is 11.7. The van der Waals surface area contributed by atoms with Crippen molar-refractivity contribution in [3.05, 3.63) is 48.1 Å². The Bertz CT molecular complexity index is 1400. The summed E-state index contributed by atoms with van der Waals surface area (Å²) in [5.41, 5.74) is 1.13. The predicted octanol–water partition coefficient (Wildman–Crippen LogP) is 3.28. The fourth-order valence-electron chi connectivity index (χ4n) is 6.60. The fourth-order valence-corrected chi connectivity index (χ4v) is 6.60. The van der Waals surface area contributed by atoms with E-state index in [2.05, 4.69) is 5.32 Å². The summed E-state index contributed by atoms with van der Waals surface area (Å²) in [4.78, 5) is 53.6. The van der Waals surface area contributed by atoms with Gasteiger partial charge in [0.25, 0.3) is 0 Å². The lowest BCUT2D eigenvalue weighted by Crippen LogP contribution is -2.63. The lowest BCUT2D eigenvalue weighted by molar-refractivity contribution is -0.302. The molecule has 12 atom stereocenters. The average Bonchev–Trinajstić information content (AvgIpc) is 3.10. The van der Waals surface area contributed by atoms with E-state index in [0.717, 1.165) is 0 Å². The number of hydrogen-bond donors (Lipinski definition) is 4. The van der Waals surface area contributed by atoms with Crippen LogP contribution in [0, 0.1) is 23.7 Å². The quantitative estimate of drug-likeness (QED) is 0.214. The number of ether oxygens (including phenoxy) is 5. The van der Waals surface area contributed by atoms with Crippen molar-refractivity contribution < 1.29 is 58.2 Å². The molecule has 0 spiro atoms. The number of aliphatic hydroxyl groups is 3. The molecule has 2 aliphatic rings. The minimum absolute atomic E-state index is 0.0391. The molecular weight excluding hydrogens is 676 g/mol. The van der Waals surface area contributed by atoms with Gasteiger partial charge in [-0.15, -0.1) is 0 Å². The summed E-state index contributed by atoms with van der Waals surface area (Å²) >= 11 is 0. The molecule has 0 aromatic heterocycles. The zero-order valence-electron chi connectivity index (χ0n) is 31.3. The van der Waals surface area contributed by atoms with Crippen molar-refractivity contribution in [2.75, 3.05) is 33.1 Å². The number of ketones is 1. The molecule has 1 amide bonds. The zero-order valence-corrected chi connectivity index (χ0v) is 31.3. The van der Waals surface area contributed by atoms with Gasteiger partial charge in [-0.3, -0.25) is 14.9 Å². The number of hydrogen-bond acceptors (Lipinski definition) is 13. The molecule has 0 radical (unpaired) electrons. The number of allylic oxidation sites excluding steroid dienone is 3. The molecule has 2 heterocycles. The smallest absolute Gasteiger partial charge is 0.411 e. The molecule has 1 fully saturated rings. The van der Waals surface area contributed by atoms with Crippen LogP contribution in [-0.4, -0.2) is 121 Å². The molecule has 14 heteroatoms. The van der Waals surface area contributed by atoms with Gasteiger partial charge in [-0.25, -0.2) is 4.79 Å². The minimum Gasteiger partial charge on any atom is -0.497 e. The Labute approximate surface area is 306 Å². The average molecular weight is 733 g/mol. The summed E-state index contributed by atoms with van der Waals surface area (Å²) in [7, 11) is 4.92. The zero-order chi connectivity index (χ0) is 38.7. The molecule has 0 saturated carbocycles. The van der Waals surface area contributed by atoms with Gasteiger partial charge in [0.15, 0.2) is 12.1 Å². The number of esters is 1. The highest BCUT2D eigenvalue weighted by Gasteiger charge is 2.47. The second-order valence-electron chi connectivity index (χ2n) is 14.0. The summed E-state index contributed by atoms with van der Waals surface area (Å²) in [6.07, 6.45) is -3.04. The number of methoxy groups -OCH3 is 1. The van der Waals surface area contributed by atoms with E-state index in [9.17, 15) is 34.5 Å². The number of benzene rings is 1. The van der Waals surface area contributed by atoms with Gasteiger partial charge in [0, 0.05) is 29.4 Å². The Balaban J connectivity index is 1.89. The van der Waals surface area contributed by atoms with E-state index in [1.807, 2.05) is 0 Å². The fraction of sp³-hybridized carbons (Fsp3) is 0.632. The van der Waals surface area contributed by atoms with Crippen LogP contribution < -0.4 is 10.1 Å². The van der Waals surface area contributed by atoms with Crippen LogP contribution in [0.15, 0.2) is 48.1 Å². The first-order valence-electron chi connectivity index (χ1n) is 17.7. The van der Waals surface area contributed by atoms with E-state index in [0.29, 0.717) is 29.7 Å². The summed E-state index contributed by atoms with van der Waals surface area (Å²) in [5, 5.41) is 35.9. The van der Waals surface area contributed by atoms with Crippen LogP contribution in [0.25, 0.3) is 0 Å². The Morgan fingerprint density at radius 2 is 1.73 bits per heavy atom. The van der Waals surface area contributed by atoms with Crippen LogP contribution >= 0.6 is 0 Å². The minimum atomic E-state index is -1.37. The van der Waals surface area contributed by atoms with Crippen LogP contribution in [0.1, 0.15) is 53.9 Å². The molecule has 14 nitrogen and oxygen atoms in total. The van der Waals surface area contributed by atoms with Crippen molar-refractivity contribution in [3.63, 3.8) is 0 Å². The van der Waals surface area contributed by atoms with Crippen molar-refractivity contribution in [3.8, 4) is 5.75 Å². The molecule has 1 unspecified atom stereocenters. The van der Waals surface area contributed by atoms with Gasteiger partial charge in [-0.05, 0) is 71.1 Å². The molecule has 1 aromatic carbocycles. The molecular formula is C38H56N2O12. The van der Waals surface area contributed by atoms with E-state index in [1.54, 1.807) is 90.0 Å². The number of amides is 1. The number of nitrogens with zero attached hydrogens (tertiary/aromatic N) is 1. The lowest BCUT2D eigenvalue weighted by atomic mass is 9.81. The Hall–Kier alpha value is -3.66. The van der Waals surface area contributed by atoms with Crippen molar-refractivity contribution in [1.82, 2.24) is 4.90 Å². The van der Waals surface area contributed by atoms with E-state index < -0.39 is 91.1 Å². The third-order valence-electron chi connectivity index (χ3n) is 9.80. The van der Waals surface area contributed by atoms with Crippen LogP contribution in [0.5, 0.6) is 5.75 Å². The maximum absolute atomic E-state index is 13.4. The normalized spacial score (nSPS) is 35.5. The van der Waals surface area contributed by atoms with Crippen LogP contribution in [0.4, 0.5) is 10.5 Å². The number of anilines is 1. The van der Waals surface area contributed by atoms with Crippen molar-refractivity contribution in [2.24, 2.45) is 23.7 Å². The molecule has 1 aromatic rings. The Morgan fingerprint density at radius 3 is 2.33 bits per heavy atom. The second-order valence-corrected chi connectivity index (χ2v) is 14.0. The maximum atomic E-state index is 13.4. The number of nitrogens with one attached hydrogen (secondary N) is 1. The summed E-state index contributed by atoms with van der Waals surface area (Å²) in [6, 6.07) is 5.93. The molecule has 0 aliphatic carbocycles. The summed E-state index contributed by atoms with van der Waals surface area (Å²) < 4.78 is 28.7. The first-order chi connectivity index (χ1) is 24.6. The van der Waals surface area contributed by atoms with Gasteiger partial charge in [0.05, 0.1) is 44.0 Å². The molecule has 52 heavy (non-hydrogen) atoms. The molecule has 0 bridgehead atoms. The van der Waals surface area contributed by atoms with Gasteiger partial charge in [-0.1, -0.05) is 38.5 Å². The highest BCUT2D eigenvalue weighted by atomic mass is 16.7. The standard InChI is InChI=1S/C38H56N2O12/c1-9-31-26(20-49-38(47)39-27-11-13-28(48-8)14-12-27)16-21(2)10-15-29(42)22(3)17-25(19-41)36(23(4)30(43)18-32(44)51-31)52-37-35(46)33(40(6)7)34(45)24(5)50-37/h10-16,19,22-26,30-31,33-37,43,45-46H,9,17-18,20H2,1-8H3,(H,39,47)/b15-10+,21-16+/t22-,23+,24-,25?,26-,30-,31-,33+,34-,35-,36-,37+/m1/s1. The lowest BCUT2D eigenvalue weighted by Gasteiger charge is -2.46. The largest absolute Gasteiger partial charge is 0.497 e. The van der Waals surface area contributed by atoms with Crippen LogP contribution in [-0.2, 0) is 33.3 Å². The number of aliphatic hydroxyl groups excluding tert-OH is 3. The van der Waals surface area contributed by atoms with Crippen molar-refractivity contribution >= 4 is 29.8 Å². The number of carbonyl (C=O) groups excluding carboxylic acids is 4. The summed E-state index contributed by atoms with van der Waals surface area (Å²) in [5.74, 6) is -3.45. The van der Waals surface area contributed by atoms with Crippen molar-refractivity contribution in [2.45, 2.75) is 103 Å². The predicted molar refractivity (Wildman–Crippen MR) is 191 cm³/mol. The SMILES string of the molecule is CC[C@H]1OC(=O)C[C@@H](O)[C@H](C)[C@@H](O[C@@H]2O[C@H](C)[C@@H](O)[C@H](N(C)C)[C@H]2O)C(C=O)C[C@@H](C)C(=O)/C=C/C(C)=C/[C@@H]1COC(=O)Nc1ccc(OC)cc1. The number of aldehydes is 1. The van der Waals surface area contributed by atoms with Crippen LogP contribution in [0.3, 0.4) is 0 Å². The van der Waals surface area contributed by atoms with Gasteiger partial charge >= 0.3 is 12.1 Å². The van der Waals surface area contributed by atoms with Gasteiger partial charge in [-0.2, -0.15) is 0 Å². The Kier molecular flexibility index (Phi) is 16.4. The highest BCUT2D eigenvalue weighted by Crippen LogP contribution is 2.32. The van der Waals surface area contributed by atoms with Gasteiger partial charge in [0.1, 0.15) is 30.9 Å². The topological polar surface area (TPSA) is 190 Å². The van der Waals surface area contributed by atoms with Gasteiger partial charge in [0.2, 0.25) is 0 Å². The molecule has 1 saturated heterocycles. The number of rotatable bonds is 9. The van der Waals surface area contributed by atoms with E-state index in [-0.39, 0.29) is 18.8 Å². The molecule has 3 rings (SSSR count). The monoisotopic (exact) mass is 732 g/mol. The number of carbonyl (C=O) groups is 4. The van der Waals surface area contributed by atoms with Gasteiger partial charge < -0.3 is 48.7 Å². The van der Waals surface area contributed by atoms with E-state index in [4.69, 9.17) is 23.7 Å². The molecule has 4 N–H and O–H groups in total. The number of cyclic esters (lactones) is 1. The maximum Gasteiger partial charge on any atom is 0.411 e. The third-order valence-corrected chi connectivity index (χ3v) is 9.80. The molecule has 2 aliphatic heterocycles. The second kappa shape index (κ2) is 20.0.